The lowest BCUT2D eigenvalue weighted by molar-refractivity contribution is 0.0939. The van der Waals surface area contributed by atoms with E-state index in [-0.39, 0.29) is 11.9 Å². The highest BCUT2D eigenvalue weighted by Gasteiger charge is 2.18. The molecule has 0 spiro atoms. The Hall–Kier alpha value is -1.66. The van der Waals surface area contributed by atoms with Crippen molar-refractivity contribution in [1.82, 2.24) is 15.2 Å². The number of hydrogen-bond acceptors (Lipinski definition) is 5. The SMILES string of the molecule is Cc1ccc2c(N)c(C(=O)NC(C)CN(C)C)sc2n1. The molecule has 1 atom stereocenters. The van der Waals surface area contributed by atoms with E-state index in [1.807, 2.05) is 45.0 Å². The molecule has 0 aliphatic carbocycles. The fourth-order valence-electron chi connectivity index (χ4n) is 2.14. The molecule has 6 heteroatoms. The number of pyridine rings is 1. The highest BCUT2D eigenvalue weighted by atomic mass is 32.1. The van der Waals surface area contributed by atoms with E-state index in [4.69, 9.17) is 5.73 Å². The summed E-state index contributed by atoms with van der Waals surface area (Å²) in [6.45, 7) is 4.69. The molecule has 0 radical (unpaired) electrons. The van der Waals surface area contributed by atoms with Gasteiger partial charge in [0, 0.05) is 23.7 Å². The summed E-state index contributed by atoms with van der Waals surface area (Å²) in [5, 5.41) is 3.82. The van der Waals surface area contributed by atoms with Gasteiger partial charge in [-0.3, -0.25) is 4.79 Å². The number of aryl methyl sites for hydroxylation is 1. The summed E-state index contributed by atoms with van der Waals surface area (Å²) in [6.07, 6.45) is 0. The van der Waals surface area contributed by atoms with Crippen molar-refractivity contribution in [3.63, 3.8) is 0 Å². The van der Waals surface area contributed by atoms with Crippen LogP contribution in [0.5, 0.6) is 0 Å². The quantitative estimate of drug-likeness (QED) is 0.902. The van der Waals surface area contributed by atoms with E-state index in [9.17, 15) is 4.79 Å². The maximum absolute atomic E-state index is 12.3. The maximum Gasteiger partial charge on any atom is 0.263 e. The van der Waals surface area contributed by atoms with Gasteiger partial charge in [0.1, 0.15) is 9.71 Å². The third-order valence-corrected chi connectivity index (χ3v) is 4.07. The van der Waals surface area contributed by atoms with E-state index in [0.717, 1.165) is 22.5 Å². The third-order valence-electron chi connectivity index (χ3n) is 2.96. The van der Waals surface area contributed by atoms with Crippen LogP contribution in [0, 0.1) is 6.92 Å². The Labute approximate surface area is 122 Å². The normalized spacial score (nSPS) is 12.8. The zero-order valence-corrected chi connectivity index (χ0v) is 13.0. The van der Waals surface area contributed by atoms with Crippen LogP contribution >= 0.6 is 11.3 Å². The molecule has 0 saturated carbocycles. The molecule has 108 valence electrons. The summed E-state index contributed by atoms with van der Waals surface area (Å²) >= 11 is 1.35. The molecule has 2 rings (SSSR count). The summed E-state index contributed by atoms with van der Waals surface area (Å²) in [4.78, 5) is 20.1. The van der Waals surface area contributed by atoms with Gasteiger partial charge in [-0.25, -0.2) is 4.98 Å². The second kappa shape index (κ2) is 5.76. The number of carbonyl (C=O) groups is 1. The van der Waals surface area contributed by atoms with E-state index in [1.165, 1.54) is 11.3 Å². The zero-order valence-electron chi connectivity index (χ0n) is 12.2. The van der Waals surface area contributed by atoms with Gasteiger partial charge >= 0.3 is 0 Å². The van der Waals surface area contributed by atoms with Crippen LogP contribution in [-0.2, 0) is 0 Å². The number of nitrogen functional groups attached to an aromatic ring is 1. The van der Waals surface area contributed by atoms with Gasteiger partial charge in [-0.2, -0.15) is 0 Å². The van der Waals surface area contributed by atoms with E-state index >= 15 is 0 Å². The Kier molecular flexibility index (Phi) is 4.25. The summed E-state index contributed by atoms with van der Waals surface area (Å²) < 4.78 is 0. The third kappa shape index (κ3) is 3.08. The van der Waals surface area contributed by atoms with Crippen molar-refractivity contribution in [2.45, 2.75) is 19.9 Å². The number of nitrogens with one attached hydrogen (secondary N) is 1. The first-order valence-electron chi connectivity index (χ1n) is 6.49. The van der Waals surface area contributed by atoms with Crippen LogP contribution < -0.4 is 11.1 Å². The smallest absolute Gasteiger partial charge is 0.263 e. The number of aromatic nitrogens is 1. The Balaban J connectivity index is 2.24. The van der Waals surface area contributed by atoms with E-state index in [2.05, 4.69) is 10.3 Å². The second-order valence-electron chi connectivity index (χ2n) is 5.29. The lowest BCUT2D eigenvalue weighted by Gasteiger charge is -2.17. The molecular weight excluding hydrogens is 272 g/mol. The zero-order chi connectivity index (χ0) is 14.9. The number of nitrogens with two attached hydrogens (primary N) is 1. The number of likely N-dealkylation sites (N-methyl/N-ethyl adjacent to an activating group) is 1. The average Bonchev–Trinajstić information content (AvgIpc) is 2.65. The monoisotopic (exact) mass is 292 g/mol. The molecule has 2 heterocycles. The van der Waals surface area contributed by atoms with Crippen molar-refractivity contribution in [3.8, 4) is 0 Å². The van der Waals surface area contributed by atoms with Crippen LogP contribution in [0.15, 0.2) is 12.1 Å². The molecule has 2 aromatic rings. The number of nitrogens with zero attached hydrogens (tertiary/aromatic N) is 2. The van der Waals surface area contributed by atoms with Crippen LogP contribution in [0.2, 0.25) is 0 Å². The molecular formula is C14H20N4OS. The Bertz CT molecular complexity index is 635. The number of rotatable bonds is 4. The van der Waals surface area contributed by atoms with E-state index in [1.54, 1.807) is 0 Å². The van der Waals surface area contributed by atoms with Gasteiger partial charge in [0.25, 0.3) is 5.91 Å². The van der Waals surface area contributed by atoms with E-state index in [0.29, 0.717) is 10.6 Å². The highest BCUT2D eigenvalue weighted by Crippen LogP contribution is 2.32. The van der Waals surface area contributed by atoms with Crippen molar-refractivity contribution in [1.29, 1.82) is 0 Å². The van der Waals surface area contributed by atoms with Crippen LogP contribution in [-0.4, -0.2) is 42.5 Å². The Morgan fingerprint density at radius 3 is 2.85 bits per heavy atom. The minimum atomic E-state index is -0.127. The molecule has 1 unspecified atom stereocenters. The standard InChI is InChI=1S/C14H20N4OS/c1-8-5-6-10-11(15)12(20-14(10)17-8)13(19)16-9(2)7-18(3)4/h5-6,9H,7,15H2,1-4H3,(H,16,19). The molecule has 0 aromatic carbocycles. The Morgan fingerprint density at radius 1 is 1.50 bits per heavy atom. The molecule has 2 aromatic heterocycles. The maximum atomic E-state index is 12.3. The molecule has 0 aliphatic rings. The number of hydrogen-bond donors (Lipinski definition) is 2. The van der Waals surface area contributed by atoms with E-state index < -0.39 is 0 Å². The molecule has 0 fully saturated rings. The van der Waals surface area contributed by atoms with Crippen LogP contribution in [0.3, 0.4) is 0 Å². The fourth-order valence-corrected chi connectivity index (χ4v) is 3.18. The predicted octanol–water partition coefficient (Wildman–Crippen LogP) is 1.87. The molecule has 0 bridgehead atoms. The van der Waals surface area contributed by atoms with Crippen molar-refractivity contribution < 1.29 is 4.79 Å². The minimum absolute atomic E-state index is 0.0665. The van der Waals surface area contributed by atoms with Gasteiger partial charge in [0.2, 0.25) is 0 Å². The first-order valence-corrected chi connectivity index (χ1v) is 7.31. The van der Waals surface area contributed by atoms with Crippen molar-refractivity contribution >= 4 is 33.1 Å². The van der Waals surface area contributed by atoms with Crippen molar-refractivity contribution in [2.75, 3.05) is 26.4 Å². The van der Waals surface area contributed by atoms with Crippen LogP contribution in [0.4, 0.5) is 5.69 Å². The number of carbonyl (C=O) groups excluding carboxylic acids is 1. The molecule has 3 N–H and O–H groups in total. The molecule has 1 amide bonds. The van der Waals surface area contributed by atoms with Gasteiger partial charge in [0.05, 0.1) is 5.69 Å². The van der Waals surface area contributed by atoms with Gasteiger partial charge in [-0.05, 0) is 40.1 Å². The number of thiophene rings is 1. The first-order chi connectivity index (χ1) is 9.38. The topological polar surface area (TPSA) is 71.2 Å². The van der Waals surface area contributed by atoms with Crippen LogP contribution in [0.25, 0.3) is 10.2 Å². The minimum Gasteiger partial charge on any atom is -0.397 e. The van der Waals surface area contributed by atoms with Crippen molar-refractivity contribution in [3.05, 3.63) is 22.7 Å². The summed E-state index contributed by atoms with van der Waals surface area (Å²) in [6, 6.07) is 3.89. The summed E-state index contributed by atoms with van der Waals surface area (Å²) in [7, 11) is 3.95. The van der Waals surface area contributed by atoms with Gasteiger partial charge in [-0.1, -0.05) is 0 Å². The predicted molar refractivity (Wildman–Crippen MR) is 84.3 cm³/mol. The van der Waals surface area contributed by atoms with Gasteiger partial charge in [0.15, 0.2) is 0 Å². The molecule has 20 heavy (non-hydrogen) atoms. The lowest BCUT2D eigenvalue weighted by Crippen LogP contribution is -2.39. The van der Waals surface area contributed by atoms with Crippen LogP contribution in [0.1, 0.15) is 22.3 Å². The Morgan fingerprint density at radius 2 is 2.20 bits per heavy atom. The molecule has 0 saturated heterocycles. The average molecular weight is 292 g/mol. The lowest BCUT2D eigenvalue weighted by atomic mass is 10.2. The van der Waals surface area contributed by atoms with Gasteiger partial charge < -0.3 is 16.0 Å². The second-order valence-corrected chi connectivity index (χ2v) is 6.29. The number of amides is 1. The first kappa shape index (κ1) is 14.7. The molecule has 0 aliphatic heterocycles. The number of anilines is 1. The molecule has 5 nitrogen and oxygen atoms in total. The fraction of sp³-hybridized carbons (Fsp3) is 0.429. The largest absolute Gasteiger partial charge is 0.397 e. The summed E-state index contributed by atoms with van der Waals surface area (Å²) in [5.41, 5.74) is 7.51. The number of fused-ring (bicyclic) bond motifs is 1. The van der Waals surface area contributed by atoms with Gasteiger partial charge in [-0.15, -0.1) is 11.3 Å². The highest BCUT2D eigenvalue weighted by molar-refractivity contribution is 7.21. The van der Waals surface area contributed by atoms with Crippen molar-refractivity contribution in [2.24, 2.45) is 0 Å². The summed E-state index contributed by atoms with van der Waals surface area (Å²) in [5.74, 6) is -0.127.